The van der Waals surface area contributed by atoms with Crippen molar-refractivity contribution in [2.24, 2.45) is 4.99 Å². The number of rotatable bonds is 6. The third-order valence-electron chi connectivity index (χ3n) is 3.22. The number of guanidine groups is 1. The molecular formula is C14H22N6S. The van der Waals surface area contributed by atoms with Crippen LogP contribution in [-0.4, -0.2) is 46.3 Å². The van der Waals surface area contributed by atoms with E-state index in [0.717, 1.165) is 37.8 Å². The molecular weight excluding hydrogens is 284 g/mol. The highest BCUT2D eigenvalue weighted by Crippen LogP contribution is 2.08. The van der Waals surface area contributed by atoms with Crippen molar-refractivity contribution < 1.29 is 0 Å². The topological polar surface area (TPSA) is 58.3 Å². The van der Waals surface area contributed by atoms with Crippen LogP contribution in [0.25, 0.3) is 0 Å². The van der Waals surface area contributed by atoms with Crippen molar-refractivity contribution in [1.82, 2.24) is 25.0 Å². The Morgan fingerprint density at radius 1 is 1.52 bits per heavy atom. The fraction of sp³-hybridized carbons (Fsp3) is 0.500. The zero-order chi connectivity index (χ0) is 15.1. The highest BCUT2D eigenvalue weighted by atomic mass is 32.1. The zero-order valence-electron chi connectivity index (χ0n) is 12.8. The number of nitrogens with zero attached hydrogens (tertiary/aromatic N) is 5. The molecule has 0 saturated heterocycles. The summed E-state index contributed by atoms with van der Waals surface area (Å²) in [7, 11) is 3.85. The summed E-state index contributed by atoms with van der Waals surface area (Å²) < 4.78 is 2.07. The van der Waals surface area contributed by atoms with Gasteiger partial charge in [0.15, 0.2) is 5.96 Å². The normalized spacial score (nSPS) is 11.7. The number of hydrogen-bond donors (Lipinski definition) is 1. The molecule has 1 N–H and O–H groups in total. The summed E-state index contributed by atoms with van der Waals surface area (Å²) in [6.07, 6.45) is 2.67. The molecule has 0 aliphatic heterocycles. The van der Waals surface area contributed by atoms with Crippen molar-refractivity contribution in [2.45, 2.75) is 26.4 Å². The number of aromatic nitrogens is 3. The van der Waals surface area contributed by atoms with E-state index in [1.807, 2.05) is 14.1 Å². The van der Waals surface area contributed by atoms with Crippen molar-refractivity contribution >= 4 is 17.3 Å². The maximum absolute atomic E-state index is 4.32. The Hall–Kier alpha value is -1.89. The first-order chi connectivity index (χ1) is 10.2. The van der Waals surface area contributed by atoms with Crippen molar-refractivity contribution in [3.63, 3.8) is 0 Å². The Balaban J connectivity index is 1.82. The monoisotopic (exact) mass is 306 g/mol. The molecule has 0 saturated carbocycles. The van der Waals surface area contributed by atoms with Crippen LogP contribution in [0.2, 0.25) is 0 Å². The fourth-order valence-electron chi connectivity index (χ4n) is 2.14. The minimum atomic E-state index is 0.797. The molecule has 0 spiro atoms. The van der Waals surface area contributed by atoms with Gasteiger partial charge in [0.2, 0.25) is 0 Å². The highest BCUT2D eigenvalue weighted by molar-refractivity contribution is 7.07. The average Bonchev–Trinajstić information content (AvgIpc) is 3.14. The molecule has 2 aromatic heterocycles. The van der Waals surface area contributed by atoms with E-state index in [2.05, 4.69) is 53.7 Å². The Kier molecular flexibility index (Phi) is 5.74. The average molecular weight is 306 g/mol. The maximum Gasteiger partial charge on any atom is 0.193 e. The van der Waals surface area contributed by atoms with Crippen LogP contribution in [0.5, 0.6) is 0 Å². The van der Waals surface area contributed by atoms with Crippen molar-refractivity contribution in [1.29, 1.82) is 0 Å². The lowest BCUT2D eigenvalue weighted by Gasteiger charge is -2.21. The van der Waals surface area contributed by atoms with Crippen LogP contribution in [0.1, 0.15) is 18.3 Å². The summed E-state index contributed by atoms with van der Waals surface area (Å²) in [4.78, 5) is 6.44. The van der Waals surface area contributed by atoms with Gasteiger partial charge < -0.3 is 14.8 Å². The second kappa shape index (κ2) is 7.78. The molecule has 0 radical (unpaired) electrons. The minimum Gasteiger partial charge on any atom is -0.354 e. The van der Waals surface area contributed by atoms with Gasteiger partial charge in [-0.3, -0.25) is 4.99 Å². The van der Waals surface area contributed by atoms with Crippen molar-refractivity contribution in [3.05, 3.63) is 34.5 Å². The first-order valence-electron chi connectivity index (χ1n) is 7.04. The summed E-state index contributed by atoms with van der Waals surface area (Å²) in [5, 5.41) is 15.7. The Morgan fingerprint density at radius 3 is 3.05 bits per heavy atom. The van der Waals surface area contributed by atoms with Crippen LogP contribution in [0, 0.1) is 0 Å². The summed E-state index contributed by atoms with van der Waals surface area (Å²) in [6, 6.07) is 2.14. The molecule has 0 aliphatic carbocycles. The highest BCUT2D eigenvalue weighted by Gasteiger charge is 2.07. The Morgan fingerprint density at radius 2 is 2.38 bits per heavy atom. The second-order valence-electron chi connectivity index (χ2n) is 4.76. The Labute approximate surface area is 129 Å². The number of aliphatic imine (C=N–C) groups is 1. The molecule has 0 atom stereocenters. The van der Waals surface area contributed by atoms with Gasteiger partial charge in [0.1, 0.15) is 12.2 Å². The van der Waals surface area contributed by atoms with E-state index in [4.69, 9.17) is 0 Å². The van der Waals surface area contributed by atoms with Crippen LogP contribution in [0.4, 0.5) is 0 Å². The number of hydrogen-bond acceptors (Lipinski definition) is 4. The Bertz CT molecular complexity index is 560. The van der Waals surface area contributed by atoms with Crippen molar-refractivity contribution in [2.75, 3.05) is 20.6 Å². The van der Waals surface area contributed by atoms with E-state index in [1.54, 1.807) is 17.7 Å². The first-order valence-corrected chi connectivity index (χ1v) is 7.98. The minimum absolute atomic E-state index is 0.797. The second-order valence-corrected chi connectivity index (χ2v) is 5.54. The predicted octanol–water partition coefficient (Wildman–Crippen LogP) is 1.61. The zero-order valence-corrected chi connectivity index (χ0v) is 13.6. The lowest BCUT2D eigenvalue weighted by atomic mass is 10.3. The summed E-state index contributed by atoms with van der Waals surface area (Å²) in [5.41, 5.74) is 1.30. The predicted molar refractivity (Wildman–Crippen MR) is 86.5 cm³/mol. The summed E-state index contributed by atoms with van der Waals surface area (Å²) in [6.45, 7) is 4.57. The molecule has 2 rings (SSSR count). The van der Waals surface area contributed by atoms with Gasteiger partial charge in [0.25, 0.3) is 0 Å². The van der Waals surface area contributed by atoms with Crippen molar-refractivity contribution in [3.8, 4) is 0 Å². The van der Waals surface area contributed by atoms with Crippen LogP contribution in [0.15, 0.2) is 28.1 Å². The quantitative estimate of drug-likeness (QED) is 0.651. The van der Waals surface area contributed by atoms with E-state index in [-0.39, 0.29) is 0 Å². The molecule has 0 fully saturated rings. The molecule has 7 heteroatoms. The molecule has 0 unspecified atom stereocenters. The molecule has 2 heterocycles. The standard InChI is InChI=1S/C14H22N6S/c1-4-13-18-17-11-20(13)7-6-16-14(15-2)19(3)9-12-5-8-21-10-12/h5,8,10-11H,4,6-7,9H2,1-3H3,(H,15,16). The van der Waals surface area contributed by atoms with Crippen LogP contribution < -0.4 is 5.32 Å². The maximum atomic E-state index is 4.32. The summed E-state index contributed by atoms with van der Waals surface area (Å²) in [5.74, 6) is 1.91. The fourth-order valence-corrected chi connectivity index (χ4v) is 2.80. The van der Waals surface area contributed by atoms with Gasteiger partial charge >= 0.3 is 0 Å². The third kappa shape index (κ3) is 4.29. The van der Waals surface area contributed by atoms with Gasteiger partial charge in [0.05, 0.1) is 0 Å². The van der Waals surface area contributed by atoms with Crippen LogP contribution in [0.3, 0.4) is 0 Å². The van der Waals surface area contributed by atoms with Gasteiger partial charge in [-0.05, 0) is 22.4 Å². The molecule has 0 aromatic carbocycles. The molecule has 6 nitrogen and oxygen atoms in total. The SMILES string of the molecule is CCc1nncn1CCNC(=NC)N(C)Cc1ccsc1. The van der Waals surface area contributed by atoms with Gasteiger partial charge in [-0.1, -0.05) is 6.92 Å². The van der Waals surface area contributed by atoms with E-state index in [0.29, 0.717) is 0 Å². The van der Waals surface area contributed by atoms with Crippen LogP contribution >= 0.6 is 11.3 Å². The van der Waals surface area contributed by atoms with Gasteiger partial charge in [0, 0.05) is 40.2 Å². The summed E-state index contributed by atoms with van der Waals surface area (Å²) >= 11 is 1.72. The molecule has 0 bridgehead atoms. The lowest BCUT2D eigenvalue weighted by Crippen LogP contribution is -2.39. The molecule has 114 valence electrons. The molecule has 0 amide bonds. The van der Waals surface area contributed by atoms with E-state index < -0.39 is 0 Å². The number of thiophene rings is 1. The van der Waals surface area contributed by atoms with E-state index in [9.17, 15) is 0 Å². The molecule has 0 aliphatic rings. The largest absolute Gasteiger partial charge is 0.354 e. The van der Waals surface area contributed by atoms with Gasteiger partial charge in [-0.25, -0.2) is 0 Å². The molecule has 2 aromatic rings. The first kappa shape index (κ1) is 15.5. The van der Waals surface area contributed by atoms with Gasteiger partial charge in [-0.15, -0.1) is 10.2 Å². The third-order valence-corrected chi connectivity index (χ3v) is 3.95. The van der Waals surface area contributed by atoms with Crippen LogP contribution in [-0.2, 0) is 19.5 Å². The van der Waals surface area contributed by atoms with E-state index >= 15 is 0 Å². The number of aryl methyl sites for hydroxylation is 1. The van der Waals surface area contributed by atoms with E-state index in [1.165, 1.54) is 5.56 Å². The number of nitrogens with one attached hydrogen (secondary N) is 1. The molecule has 21 heavy (non-hydrogen) atoms. The lowest BCUT2D eigenvalue weighted by molar-refractivity contribution is 0.473. The smallest absolute Gasteiger partial charge is 0.193 e. The van der Waals surface area contributed by atoms with Gasteiger partial charge in [-0.2, -0.15) is 11.3 Å².